The fourth-order valence-electron chi connectivity index (χ4n) is 1.72. The minimum Gasteiger partial charge on any atom is -0.668 e. The third-order valence-electron chi connectivity index (χ3n) is 2.48. The van der Waals surface area contributed by atoms with Crippen LogP contribution in [0.25, 0.3) is 5.73 Å². The van der Waals surface area contributed by atoms with Crippen LogP contribution in [0.3, 0.4) is 0 Å². The maximum absolute atomic E-state index is 10.7. The van der Waals surface area contributed by atoms with Gasteiger partial charge in [0.25, 0.3) is 0 Å². The Balaban J connectivity index is 0.00000121. The van der Waals surface area contributed by atoms with Crippen LogP contribution < -0.4 is 0 Å². The summed E-state index contributed by atoms with van der Waals surface area (Å²) in [5, 5.41) is 0. The van der Waals surface area contributed by atoms with Gasteiger partial charge in [0, 0.05) is 27.6 Å². The van der Waals surface area contributed by atoms with Gasteiger partial charge in [0.15, 0.2) is 0 Å². The summed E-state index contributed by atoms with van der Waals surface area (Å²) in [4.78, 5) is 10.7. The number of hydrogen-bond donors (Lipinski definition) is 0. The molecule has 12 heavy (non-hydrogen) atoms. The van der Waals surface area contributed by atoms with E-state index in [0.29, 0.717) is 0 Å². The smallest absolute Gasteiger partial charge is 0.0519 e. The molecule has 0 aliphatic heterocycles. The summed E-state index contributed by atoms with van der Waals surface area (Å²) >= 11 is 0. The number of carbonyl (C=O) groups excluding carboxylic acids is 1. The van der Waals surface area contributed by atoms with Crippen LogP contribution in [0, 0.1) is 5.92 Å². The Kier molecular flexibility index (Phi) is 6.78. The SMILES string of the molecule is [NH-]C(=O)C1CCCCCCC1.[Ti]. The van der Waals surface area contributed by atoms with E-state index in [2.05, 4.69) is 0 Å². The molecule has 0 aromatic heterocycles. The van der Waals surface area contributed by atoms with E-state index in [9.17, 15) is 4.79 Å². The van der Waals surface area contributed by atoms with Gasteiger partial charge in [0.2, 0.25) is 0 Å². The first-order valence-electron chi connectivity index (χ1n) is 4.56. The molecular formula is C9H16NOTi-. The number of carbonyl (C=O) groups is 1. The molecule has 1 fully saturated rings. The molecule has 0 bridgehead atoms. The molecule has 2 nitrogen and oxygen atoms in total. The third kappa shape index (κ3) is 4.27. The van der Waals surface area contributed by atoms with E-state index in [1.807, 2.05) is 0 Å². The Labute approximate surface area is 89.2 Å². The van der Waals surface area contributed by atoms with Crippen molar-refractivity contribution in [2.45, 2.75) is 44.9 Å². The zero-order valence-corrected chi connectivity index (χ0v) is 9.00. The van der Waals surface area contributed by atoms with Gasteiger partial charge in [-0.2, -0.15) is 0 Å². The van der Waals surface area contributed by atoms with Crippen LogP contribution in [-0.4, -0.2) is 5.91 Å². The second kappa shape index (κ2) is 6.67. The van der Waals surface area contributed by atoms with Crippen molar-refractivity contribution in [3.63, 3.8) is 0 Å². The van der Waals surface area contributed by atoms with Crippen molar-refractivity contribution in [2.75, 3.05) is 0 Å². The molecule has 1 rings (SSSR count). The maximum Gasteiger partial charge on any atom is 0.0519 e. The summed E-state index contributed by atoms with van der Waals surface area (Å²) in [6.07, 6.45) is 8.04. The Hall–Kier alpha value is 0.184. The Morgan fingerprint density at radius 1 is 1.00 bits per heavy atom. The average molecular weight is 202 g/mol. The normalized spacial score (nSPS) is 20.3. The number of nitrogens with one attached hydrogen (secondary N) is 1. The largest absolute Gasteiger partial charge is 0.668 e. The Morgan fingerprint density at radius 2 is 1.42 bits per heavy atom. The topological polar surface area (TPSA) is 40.9 Å². The molecule has 1 amide bonds. The zero-order chi connectivity index (χ0) is 8.10. The third-order valence-corrected chi connectivity index (χ3v) is 2.48. The minimum atomic E-state index is -0.341. The second-order valence-electron chi connectivity index (χ2n) is 3.41. The molecule has 1 N–H and O–H groups in total. The average Bonchev–Trinajstić information content (AvgIpc) is 1.84. The fourth-order valence-corrected chi connectivity index (χ4v) is 1.72. The molecule has 1 aliphatic carbocycles. The van der Waals surface area contributed by atoms with Gasteiger partial charge in [-0.25, -0.2) is 0 Å². The van der Waals surface area contributed by atoms with Crippen LogP contribution in [0.15, 0.2) is 0 Å². The predicted octanol–water partition coefficient (Wildman–Crippen LogP) is 2.92. The van der Waals surface area contributed by atoms with Crippen LogP contribution >= 0.6 is 0 Å². The molecule has 1 saturated carbocycles. The van der Waals surface area contributed by atoms with Gasteiger partial charge in [-0.05, 0) is 12.8 Å². The zero-order valence-electron chi connectivity index (χ0n) is 7.44. The van der Waals surface area contributed by atoms with E-state index in [1.54, 1.807) is 0 Å². The van der Waals surface area contributed by atoms with Crippen LogP contribution in [0.2, 0.25) is 0 Å². The first kappa shape index (κ1) is 12.2. The Bertz CT molecular complexity index is 130. The summed E-state index contributed by atoms with van der Waals surface area (Å²) in [5.41, 5.74) is 7.00. The summed E-state index contributed by atoms with van der Waals surface area (Å²) < 4.78 is 0. The van der Waals surface area contributed by atoms with Gasteiger partial charge in [-0.3, -0.25) is 0 Å². The first-order valence-corrected chi connectivity index (χ1v) is 4.56. The molecule has 0 aromatic carbocycles. The summed E-state index contributed by atoms with van der Waals surface area (Å²) in [7, 11) is 0. The number of amides is 1. The van der Waals surface area contributed by atoms with E-state index in [4.69, 9.17) is 5.73 Å². The molecule has 0 unspecified atom stereocenters. The molecule has 0 spiro atoms. The first-order chi connectivity index (χ1) is 5.30. The van der Waals surface area contributed by atoms with Crippen molar-refractivity contribution < 1.29 is 26.5 Å². The molecule has 3 heteroatoms. The summed E-state index contributed by atoms with van der Waals surface area (Å²) in [5.74, 6) is -0.276. The molecule has 1 aliphatic rings. The van der Waals surface area contributed by atoms with E-state index in [0.717, 1.165) is 25.7 Å². The van der Waals surface area contributed by atoms with Gasteiger partial charge in [0.05, 0.1) is 5.91 Å². The molecular weight excluding hydrogens is 186 g/mol. The van der Waals surface area contributed by atoms with Gasteiger partial charge in [-0.1, -0.05) is 32.1 Å². The van der Waals surface area contributed by atoms with Crippen LogP contribution in [0.5, 0.6) is 0 Å². The van der Waals surface area contributed by atoms with Gasteiger partial charge in [0.1, 0.15) is 0 Å². The van der Waals surface area contributed by atoms with Gasteiger partial charge >= 0.3 is 0 Å². The van der Waals surface area contributed by atoms with Crippen LogP contribution in [0.1, 0.15) is 44.9 Å². The van der Waals surface area contributed by atoms with Gasteiger partial charge in [-0.15, -0.1) is 0 Å². The summed E-state index contributed by atoms with van der Waals surface area (Å²) in [6, 6.07) is 0. The predicted molar refractivity (Wildman–Crippen MR) is 45.1 cm³/mol. The van der Waals surface area contributed by atoms with E-state index < -0.39 is 0 Å². The van der Waals surface area contributed by atoms with Crippen LogP contribution in [-0.2, 0) is 26.5 Å². The number of rotatable bonds is 1. The molecule has 0 atom stereocenters. The molecule has 0 saturated heterocycles. The number of hydrogen-bond acceptors (Lipinski definition) is 1. The quantitative estimate of drug-likeness (QED) is 0.602. The minimum absolute atomic E-state index is 0. The van der Waals surface area contributed by atoms with Gasteiger partial charge < -0.3 is 10.5 Å². The van der Waals surface area contributed by atoms with Crippen molar-refractivity contribution in [2.24, 2.45) is 5.92 Å². The van der Waals surface area contributed by atoms with Crippen molar-refractivity contribution in [1.29, 1.82) is 0 Å². The van der Waals surface area contributed by atoms with Crippen molar-refractivity contribution >= 4 is 5.91 Å². The van der Waals surface area contributed by atoms with Crippen molar-refractivity contribution in [3.8, 4) is 0 Å². The van der Waals surface area contributed by atoms with Crippen molar-refractivity contribution in [3.05, 3.63) is 5.73 Å². The molecule has 68 valence electrons. The molecule has 0 heterocycles. The maximum atomic E-state index is 10.7. The molecule has 0 radical (unpaired) electrons. The van der Waals surface area contributed by atoms with E-state index in [-0.39, 0.29) is 33.5 Å². The second-order valence-corrected chi connectivity index (χ2v) is 3.41. The Morgan fingerprint density at radius 3 is 1.83 bits per heavy atom. The van der Waals surface area contributed by atoms with Crippen molar-refractivity contribution in [1.82, 2.24) is 0 Å². The monoisotopic (exact) mass is 202 g/mol. The molecule has 0 aromatic rings. The fraction of sp³-hybridized carbons (Fsp3) is 0.889. The van der Waals surface area contributed by atoms with Crippen LogP contribution in [0.4, 0.5) is 0 Å². The van der Waals surface area contributed by atoms with E-state index in [1.165, 1.54) is 19.3 Å². The standard InChI is InChI=1S/C9H17NO.Ti/c10-9(11)8-6-4-2-1-3-5-7-8;/h8H,1-7H2,(H2,10,11);/p-1. The van der Waals surface area contributed by atoms with E-state index >= 15 is 0 Å². The summed E-state index contributed by atoms with van der Waals surface area (Å²) in [6.45, 7) is 0.